The highest BCUT2D eigenvalue weighted by molar-refractivity contribution is 5.90. The van der Waals surface area contributed by atoms with Gasteiger partial charge in [-0.05, 0) is 13.8 Å². The summed E-state index contributed by atoms with van der Waals surface area (Å²) in [4.78, 5) is 11.6. The number of nitrogens with one attached hydrogen (secondary N) is 2. The second-order valence-corrected chi connectivity index (χ2v) is 3.47. The Morgan fingerprint density at radius 1 is 1.56 bits per heavy atom. The molecule has 0 aromatic carbocycles. The van der Waals surface area contributed by atoms with E-state index in [0.29, 0.717) is 5.82 Å². The predicted octanol–water partition coefficient (Wildman–Crippen LogP) is 0.257. The van der Waals surface area contributed by atoms with E-state index in [1.54, 1.807) is 6.20 Å². The number of aromatic amines is 1. The molecule has 0 saturated carbocycles. The molecule has 84 valence electrons. The Balaban J connectivity index is 2.00. The molecule has 0 aliphatic heterocycles. The summed E-state index contributed by atoms with van der Waals surface area (Å²) in [7, 11) is 0. The van der Waals surface area contributed by atoms with Crippen LogP contribution in [-0.4, -0.2) is 31.1 Å². The van der Waals surface area contributed by atoms with Gasteiger partial charge in [0, 0.05) is 17.5 Å². The number of amides is 1. The van der Waals surface area contributed by atoms with Gasteiger partial charge in [-0.3, -0.25) is 9.89 Å². The van der Waals surface area contributed by atoms with E-state index in [-0.39, 0.29) is 12.5 Å². The standard InChI is InChI=1S/C9H12N6O/c1-6-7(2)12-13-9(6)11-8(16)5-15-4-3-10-14-15/h3-4H,5H2,1-2H3,(H2,11,12,13,16). The Labute approximate surface area is 91.9 Å². The van der Waals surface area contributed by atoms with Gasteiger partial charge in [0.25, 0.3) is 0 Å². The minimum Gasteiger partial charge on any atom is -0.307 e. The van der Waals surface area contributed by atoms with Gasteiger partial charge in [0.2, 0.25) is 5.91 Å². The highest BCUT2D eigenvalue weighted by atomic mass is 16.2. The van der Waals surface area contributed by atoms with E-state index >= 15 is 0 Å². The van der Waals surface area contributed by atoms with Crippen LogP contribution in [-0.2, 0) is 11.3 Å². The van der Waals surface area contributed by atoms with E-state index < -0.39 is 0 Å². The quantitative estimate of drug-likeness (QED) is 0.776. The van der Waals surface area contributed by atoms with Crippen LogP contribution in [0, 0.1) is 13.8 Å². The number of aromatic nitrogens is 5. The van der Waals surface area contributed by atoms with Crippen LogP contribution in [0.2, 0.25) is 0 Å². The average molecular weight is 220 g/mol. The van der Waals surface area contributed by atoms with Gasteiger partial charge in [0.05, 0.1) is 6.20 Å². The summed E-state index contributed by atoms with van der Waals surface area (Å²) < 4.78 is 1.45. The van der Waals surface area contributed by atoms with Crippen molar-refractivity contribution >= 4 is 11.7 Å². The van der Waals surface area contributed by atoms with Gasteiger partial charge in [-0.1, -0.05) is 5.21 Å². The summed E-state index contributed by atoms with van der Waals surface area (Å²) in [5.41, 5.74) is 1.88. The van der Waals surface area contributed by atoms with Crippen LogP contribution in [0.1, 0.15) is 11.3 Å². The van der Waals surface area contributed by atoms with Crippen LogP contribution in [0.3, 0.4) is 0 Å². The van der Waals surface area contributed by atoms with Gasteiger partial charge >= 0.3 is 0 Å². The smallest absolute Gasteiger partial charge is 0.247 e. The van der Waals surface area contributed by atoms with Gasteiger partial charge in [-0.15, -0.1) is 5.10 Å². The molecule has 0 aliphatic carbocycles. The average Bonchev–Trinajstić information content (AvgIpc) is 2.83. The van der Waals surface area contributed by atoms with Crippen LogP contribution < -0.4 is 5.32 Å². The molecule has 0 radical (unpaired) electrons. The number of anilines is 1. The van der Waals surface area contributed by atoms with Crippen molar-refractivity contribution in [1.29, 1.82) is 0 Å². The first-order chi connectivity index (χ1) is 7.66. The molecule has 0 unspecified atom stereocenters. The summed E-state index contributed by atoms with van der Waals surface area (Å²) in [6.07, 6.45) is 3.15. The first kappa shape index (κ1) is 10.3. The molecule has 2 rings (SSSR count). The molecule has 1 amide bonds. The van der Waals surface area contributed by atoms with Gasteiger partial charge in [-0.25, -0.2) is 4.68 Å². The number of hydrogen-bond donors (Lipinski definition) is 2. The summed E-state index contributed by atoms with van der Waals surface area (Å²) in [5.74, 6) is 0.378. The lowest BCUT2D eigenvalue weighted by molar-refractivity contribution is -0.117. The maximum absolute atomic E-state index is 11.6. The fraction of sp³-hybridized carbons (Fsp3) is 0.333. The van der Waals surface area contributed by atoms with E-state index in [9.17, 15) is 4.79 Å². The zero-order chi connectivity index (χ0) is 11.5. The first-order valence-corrected chi connectivity index (χ1v) is 4.82. The van der Waals surface area contributed by atoms with E-state index in [1.807, 2.05) is 13.8 Å². The number of nitrogens with zero attached hydrogens (tertiary/aromatic N) is 4. The molecule has 7 heteroatoms. The lowest BCUT2D eigenvalue weighted by Crippen LogP contribution is -2.19. The number of hydrogen-bond acceptors (Lipinski definition) is 4. The number of carbonyl (C=O) groups excluding carboxylic acids is 1. The van der Waals surface area contributed by atoms with Crippen molar-refractivity contribution in [3.8, 4) is 0 Å². The molecule has 7 nitrogen and oxygen atoms in total. The van der Waals surface area contributed by atoms with Crippen molar-refractivity contribution in [1.82, 2.24) is 25.2 Å². The topological polar surface area (TPSA) is 88.5 Å². The van der Waals surface area contributed by atoms with Crippen molar-refractivity contribution in [2.75, 3.05) is 5.32 Å². The fourth-order valence-corrected chi connectivity index (χ4v) is 1.24. The Morgan fingerprint density at radius 2 is 2.38 bits per heavy atom. The van der Waals surface area contributed by atoms with Crippen LogP contribution in [0.4, 0.5) is 5.82 Å². The highest BCUT2D eigenvalue weighted by Crippen LogP contribution is 2.13. The molecular weight excluding hydrogens is 208 g/mol. The van der Waals surface area contributed by atoms with Crippen LogP contribution in [0.15, 0.2) is 12.4 Å². The molecule has 0 fully saturated rings. The first-order valence-electron chi connectivity index (χ1n) is 4.82. The molecule has 2 heterocycles. The number of carbonyl (C=O) groups is 1. The molecule has 0 spiro atoms. The lowest BCUT2D eigenvalue weighted by Gasteiger charge is -2.02. The minimum atomic E-state index is -0.180. The SMILES string of the molecule is Cc1[nH]nc(NC(=O)Cn2ccnn2)c1C. The third-order valence-electron chi connectivity index (χ3n) is 2.29. The highest BCUT2D eigenvalue weighted by Gasteiger charge is 2.09. The summed E-state index contributed by atoms with van der Waals surface area (Å²) in [6.45, 7) is 3.92. The van der Waals surface area contributed by atoms with Gasteiger partial charge in [0.1, 0.15) is 6.54 Å². The van der Waals surface area contributed by atoms with Gasteiger partial charge < -0.3 is 5.32 Å². The molecular formula is C9H12N6O. The van der Waals surface area contributed by atoms with Gasteiger partial charge in [0.15, 0.2) is 5.82 Å². The molecule has 0 aliphatic rings. The largest absolute Gasteiger partial charge is 0.307 e. The second kappa shape index (κ2) is 4.13. The lowest BCUT2D eigenvalue weighted by atomic mass is 10.3. The van der Waals surface area contributed by atoms with Crippen molar-refractivity contribution in [3.63, 3.8) is 0 Å². The van der Waals surface area contributed by atoms with E-state index in [0.717, 1.165) is 11.3 Å². The molecule has 16 heavy (non-hydrogen) atoms. The minimum absolute atomic E-state index is 0.130. The normalized spacial score (nSPS) is 10.4. The Kier molecular flexibility index (Phi) is 2.67. The zero-order valence-electron chi connectivity index (χ0n) is 9.06. The third-order valence-corrected chi connectivity index (χ3v) is 2.29. The monoisotopic (exact) mass is 220 g/mol. The fourth-order valence-electron chi connectivity index (χ4n) is 1.24. The molecule has 0 saturated heterocycles. The number of rotatable bonds is 3. The number of aryl methyl sites for hydroxylation is 1. The Bertz CT molecular complexity index is 486. The van der Waals surface area contributed by atoms with Crippen LogP contribution >= 0.6 is 0 Å². The molecule has 0 atom stereocenters. The Morgan fingerprint density at radius 3 is 2.94 bits per heavy atom. The van der Waals surface area contributed by atoms with Crippen molar-refractivity contribution < 1.29 is 4.79 Å². The molecule has 2 aromatic rings. The van der Waals surface area contributed by atoms with Crippen molar-refractivity contribution in [2.45, 2.75) is 20.4 Å². The van der Waals surface area contributed by atoms with Crippen molar-refractivity contribution in [2.24, 2.45) is 0 Å². The maximum Gasteiger partial charge on any atom is 0.247 e. The van der Waals surface area contributed by atoms with Crippen LogP contribution in [0.5, 0.6) is 0 Å². The predicted molar refractivity (Wildman–Crippen MR) is 56.7 cm³/mol. The summed E-state index contributed by atoms with van der Waals surface area (Å²) in [5, 5.41) is 16.8. The summed E-state index contributed by atoms with van der Waals surface area (Å²) >= 11 is 0. The molecule has 2 N–H and O–H groups in total. The second-order valence-electron chi connectivity index (χ2n) is 3.47. The Hall–Kier alpha value is -2.18. The summed E-state index contributed by atoms with van der Waals surface area (Å²) in [6, 6.07) is 0. The van der Waals surface area contributed by atoms with Gasteiger partial charge in [-0.2, -0.15) is 5.10 Å². The zero-order valence-corrected chi connectivity index (χ0v) is 9.06. The third kappa shape index (κ3) is 2.08. The van der Waals surface area contributed by atoms with Crippen LogP contribution in [0.25, 0.3) is 0 Å². The van der Waals surface area contributed by atoms with E-state index in [2.05, 4.69) is 25.8 Å². The van der Waals surface area contributed by atoms with Crippen molar-refractivity contribution in [3.05, 3.63) is 23.7 Å². The van der Waals surface area contributed by atoms with E-state index in [4.69, 9.17) is 0 Å². The number of H-pyrrole nitrogens is 1. The molecule has 0 bridgehead atoms. The van der Waals surface area contributed by atoms with E-state index in [1.165, 1.54) is 10.9 Å². The molecule has 2 aromatic heterocycles. The maximum atomic E-state index is 11.6.